The third kappa shape index (κ3) is 4.01. The lowest BCUT2D eigenvalue weighted by molar-refractivity contribution is 0.0793. The molecule has 1 aliphatic rings. The minimum Gasteiger partial charge on any atom is -0.494 e. The molecule has 1 aliphatic heterocycles. The lowest BCUT2D eigenvalue weighted by Gasteiger charge is -2.20. The van der Waals surface area contributed by atoms with E-state index < -0.39 is 0 Å². The smallest absolute Gasteiger partial charge is 0.257 e. The number of carbonyl (C=O) groups is 1. The van der Waals surface area contributed by atoms with Crippen molar-refractivity contribution >= 4 is 22.5 Å². The Morgan fingerprint density at radius 1 is 1.21 bits per heavy atom. The number of para-hydroxylation sites is 1. The molecular weight excluding hydrogens is 369 g/mol. The standard InChI is InChI=1S/C23H24FN3O2/c1-2-29-21-8-4-3-7-16(21)14-26-22-18-13-17(24)9-10-20(18)25-15-19(22)23(28)27-11-5-6-12-27/h3-4,7-10,13,15H,2,5-6,11-12,14H2,1H3,(H,25,26). The topological polar surface area (TPSA) is 54.5 Å². The van der Waals surface area contributed by atoms with Gasteiger partial charge in [-0.2, -0.15) is 0 Å². The van der Waals surface area contributed by atoms with Gasteiger partial charge in [-0.3, -0.25) is 9.78 Å². The number of anilines is 1. The van der Waals surface area contributed by atoms with Crippen molar-refractivity contribution in [1.29, 1.82) is 0 Å². The number of hydrogen-bond donors (Lipinski definition) is 1. The Hall–Kier alpha value is -3.15. The number of rotatable bonds is 6. The van der Waals surface area contributed by atoms with Gasteiger partial charge < -0.3 is 15.0 Å². The summed E-state index contributed by atoms with van der Waals surface area (Å²) in [6, 6.07) is 12.2. The predicted octanol–water partition coefficient (Wildman–Crippen LogP) is 4.62. The summed E-state index contributed by atoms with van der Waals surface area (Å²) in [6.07, 6.45) is 3.61. The van der Waals surface area contributed by atoms with Gasteiger partial charge in [0.1, 0.15) is 11.6 Å². The molecule has 0 aliphatic carbocycles. The molecule has 0 spiro atoms. The Kier molecular flexibility index (Phi) is 5.60. The molecule has 0 unspecified atom stereocenters. The summed E-state index contributed by atoms with van der Waals surface area (Å²) < 4.78 is 19.7. The van der Waals surface area contributed by atoms with E-state index in [1.807, 2.05) is 36.1 Å². The lowest BCUT2D eigenvalue weighted by Crippen LogP contribution is -2.28. The van der Waals surface area contributed by atoms with Gasteiger partial charge >= 0.3 is 0 Å². The van der Waals surface area contributed by atoms with Crippen molar-refractivity contribution in [3.63, 3.8) is 0 Å². The van der Waals surface area contributed by atoms with Crippen molar-refractivity contribution in [2.75, 3.05) is 25.0 Å². The molecule has 1 N–H and O–H groups in total. The highest BCUT2D eigenvalue weighted by Gasteiger charge is 2.24. The number of amides is 1. The van der Waals surface area contributed by atoms with Gasteiger partial charge in [0.05, 0.1) is 23.4 Å². The van der Waals surface area contributed by atoms with Crippen LogP contribution in [0.4, 0.5) is 10.1 Å². The maximum atomic E-state index is 14.0. The molecule has 1 fully saturated rings. The van der Waals surface area contributed by atoms with Gasteiger partial charge in [-0.1, -0.05) is 18.2 Å². The summed E-state index contributed by atoms with van der Waals surface area (Å²) >= 11 is 0. The number of ether oxygens (including phenoxy) is 1. The summed E-state index contributed by atoms with van der Waals surface area (Å²) in [5, 5.41) is 3.97. The Balaban J connectivity index is 1.73. The second-order valence-electron chi connectivity index (χ2n) is 7.10. The van der Waals surface area contributed by atoms with E-state index in [-0.39, 0.29) is 11.7 Å². The van der Waals surface area contributed by atoms with E-state index in [0.29, 0.717) is 35.3 Å². The number of pyridine rings is 1. The van der Waals surface area contributed by atoms with Crippen LogP contribution in [-0.4, -0.2) is 35.5 Å². The summed E-state index contributed by atoms with van der Waals surface area (Å²) in [6.45, 7) is 4.45. The van der Waals surface area contributed by atoms with Crippen LogP contribution in [0.3, 0.4) is 0 Å². The maximum absolute atomic E-state index is 14.0. The molecule has 1 aromatic heterocycles. The third-order valence-electron chi connectivity index (χ3n) is 5.18. The van der Waals surface area contributed by atoms with Gasteiger partial charge in [-0.15, -0.1) is 0 Å². The van der Waals surface area contributed by atoms with Crippen LogP contribution in [0, 0.1) is 5.82 Å². The molecular formula is C23H24FN3O2. The quantitative estimate of drug-likeness (QED) is 0.664. The number of fused-ring (bicyclic) bond motifs is 1. The third-order valence-corrected chi connectivity index (χ3v) is 5.18. The van der Waals surface area contributed by atoms with Gasteiger partial charge in [-0.05, 0) is 44.0 Å². The van der Waals surface area contributed by atoms with Crippen molar-refractivity contribution in [3.05, 3.63) is 65.6 Å². The molecule has 1 amide bonds. The first-order valence-electron chi connectivity index (χ1n) is 9.99. The summed E-state index contributed by atoms with van der Waals surface area (Å²) in [7, 11) is 0. The average molecular weight is 393 g/mol. The highest BCUT2D eigenvalue weighted by Crippen LogP contribution is 2.30. The number of halogens is 1. The van der Waals surface area contributed by atoms with Crippen LogP contribution < -0.4 is 10.1 Å². The second-order valence-corrected chi connectivity index (χ2v) is 7.10. The zero-order chi connectivity index (χ0) is 20.2. The maximum Gasteiger partial charge on any atom is 0.257 e. The highest BCUT2D eigenvalue weighted by molar-refractivity contribution is 6.07. The molecule has 1 saturated heterocycles. The molecule has 0 saturated carbocycles. The van der Waals surface area contributed by atoms with E-state index in [4.69, 9.17) is 4.74 Å². The SMILES string of the molecule is CCOc1ccccc1CNc1c(C(=O)N2CCCC2)cnc2ccc(F)cc12. The Morgan fingerprint density at radius 3 is 2.79 bits per heavy atom. The van der Waals surface area contributed by atoms with Crippen molar-refractivity contribution < 1.29 is 13.9 Å². The van der Waals surface area contributed by atoms with Crippen LogP contribution in [0.25, 0.3) is 10.9 Å². The van der Waals surface area contributed by atoms with Crippen LogP contribution in [-0.2, 0) is 6.54 Å². The molecule has 0 bridgehead atoms. The van der Waals surface area contributed by atoms with Crippen molar-refractivity contribution in [1.82, 2.24) is 9.88 Å². The lowest BCUT2D eigenvalue weighted by atomic mass is 10.1. The Bertz CT molecular complexity index is 1030. The second kappa shape index (κ2) is 8.47. The van der Waals surface area contributed by atoms with E-state index in [9.17, 15) is 9.18 Å². The van der Waals surface area contributed by atoms with Crippen molar-refractivity contribution in [2.24, 2.45) is 0 Å². The van der Waals surface area contributed by atoms with Gasteiger partial charge in [-0.25, -0.2) is 4.39 Å². The van der Waals surface area contributed by atoms with E-state index in [1.165, 1.54) is 12.1 Å². The largest absolute Gasteiger partial charge is 0.494 e. The minimum absolute atomic E-state index is 0.0678. The summed E-state index contributed by atoms with van der Waals surface area (Å²) in [5.74, 6) is 0.365. The fourth-order valence-corrected chi connectivity index (χ4v) is 3.74. The van der Waals surface area contributed by atoms with Crippen molar-refractivity contribution in [2.45, 2.75) is 26.3 Å². The van der Waals surface area contributed by atoms with Crippen LogP contribution >= 0.6 is 0 Å². The molecule has 150 valence electrons. The molecule has 5 nitrogen and oxygen atoms in total. The molecule has 0 radical (unpaired) electrons. The molecule has 2 aromatic carbocycles. The number of carbonyl (C=O) groups excluding carboxylic acids is 1. The van der Waals surface area contributed by atoms with Crippen LogP contribution in [0.2, 0.25) is 0 Å². The van der Waals surface area contributed by atoms with Gasteiger partial charge in [0.2, 0.25) is 0 Å². The first-order chi connectivity index (χ1) is 14.2. The molecule has 6 heteroatoms. The first kappa shape index (κ1) is 19.2. The Labute approximate surface area is 169 Å². The average Bonchev–Trinajstić information content (AvgIpc) is 3.27. The van der Waals surface area contributed by atoms with Crippen LogP contribution in [0.1, 0.15) is 35.7 Å². The van der Waals surface area contributed by atoms with Gasteiger partial charge in [0, 0.05) is 36.8 Å². The number of likely N-dealkylation sites (tertiary alicyclic amines) is 1. The molecule has 4 rings (SSSR count). The first-order valence-corrected chi connectivity index (χ1v) is 9.99. The van der Waals surface area contributed by atoms with Crippen molar-refractivity contribution in [3.8, 4) is 5.75 Å². The molecule has 2 heterocycles. The fourth-order valence-electron chi connectivity index (χ4n) is 3.74. The highest BCUT2D eigenvalue weighted by atomic mass is 19.1. The summed E-state index contributed by atoms with van der Waals surface area (Å²) in [5.41, 5.74) is 2.69. The fraction of sp³-hybridized carbons (Fsp3) is 0.304. The number of nitrogens with zero attached hydrogens (tertiary/aromatic N) is 2. The zero-order valence-electron chi connectivity index (χ0n) is 16.5. The van der Waals surface area contributed by atoms with E-state index in [1.54, 1.807) is 12.3 Å². The van der Waals surface area contributed by atoms with Gasteiger partial charge in [0.15, 0.2) is 0 Å². The van der Waals surface area contributed by atoms with Crippen LogP contribution in [0.5, 0.6) is 5.75 Å². The summed E-state index contributed by atoms with van der Waals surface area (Å²) in [4.78, 5) is 19.3. The molecule has 3 aromatic rings. The number of benzene rings is 2. The van der Waals surface area contributed by atoms with Crippen LogP contribution in [0.15, 0.2) is 48.7 Å². The number of aromatic nitrogens is 1. The zero-order valence-corrected chi connectivity index (χ0v) is 16.5. The Morgan fingerprint density at radius 2 is 2.00 bits per heavy atom. The van der Waals surface area contributed by atoms with E-state index in [2.05, 4.69) is 10.3 Å². The van der Waals surface area contributed by atoms with E-state index in [0.717, 1.165) is 37.2 Å². The molecule has 29 heavy (non-hydrogen) atoms. The normalized spacial score (nSPS) is 13.7. The monoisotopic (exact) mass is 393 g/mol. The molecule has 0 atom stereocenters. The number of nitrogens with one attached hydrogen (secondary N) is 1. The predicted molar refractivity (Wildman–Crippen MR) is 112 cm³/mol. The minimum atomic E-state index is -0.358. The van der Waals surface area contributed by atoms with Gasteiger partial charge in [0.25, 0.3) is 5.91 Å². The van der Waals surface area contributed by atoms with E-state index >= 15 is 0 Å². The number of hydrogen-bond acceptors (Lipinski definition) is 4.